The zero-order chi connectivity index (χ0) is 20.6. The summed E-state index contributed by atoms with van der Waals surface area (Å²) < 4.78 is 25.8. The van der Waals surface area contributed by atoms with E-state index in [2.05, 4.69) is 14.7 Å². The van der Waals surface area contributed by atoms with Crippen LogP contribution in [-0.2, 0) is 14.8 Å². The number of carbonyl (C=O) groups is 1. The van der Waals surface area contributed by atoms with Crippen molar-refractivity contribution in [3.63, 3.8) is 0 Å². The monoisotopic (exact) mass is 404 g/mol. The predicted molar refractivity (Wildman–Crippen MR) is 109 cm³/mol. The normalized spacial score (nSPS) is 17.1. The molecule has 1 atom stereocenters. The predicted octanol–water partition coefficient (Wildman–Crippen LogP) is 1.88. The van der Waals surface area contributed by atoms with E-state index in [1.165, 1.54) is 6.20 Å². The molecule has 0 bridgehead atoms. The maximum absolute atomic E-state index is 12.7. The van der Waals surface area contributed by atoms with Crippen molar-refractivity contribution in [1.29, 1.82) is 0 Å². The van der Waals surface area contributed by atoms with E-state index in [9.17, 15) is 13.2 Å². The van der Waals surface area contributed by atoms with Crippen molar-refractivity contribution in [2.45, 2.75) is 39.3 Å². The number of nitrogens with one attached hydrogen (secondary N) is 1. The fraction of sp³-hybridized carbons (Fsp3) is 0.444. The lowest BCUT2D eigenvalue weighted by molar-refractivity contribution is -0.120. The quantitative estimate of drug-likeness (QED) is 0.810. The molecule has 9 nitrogen and oxygen atoms in total. The summed E-state index contributed by atoms with van der Waals surface area (Å²) in [5.74, 6) is 1.01. The minimum Gasteiger partial charge on any atom is -0.340 e. The van der Waals surface area contributed by atoms with E-state index in [4.69, 9.17) is 4.98 Å². The van der Waals surface area contributed by atoms with Gasteiger partial charge in [-0.1, -0.05) is 6.92 Å². The van der Waals surface area contributed by atoms with Gasteiger partial charge in [-0.15, -0.1) is 0 Å². The van der Waals surface area contributed by atoms with Crippen LogP contribution in [0.1, 0.15) is 27.2 Å². The zero-order valence-corrected chi connectivity index (χ0v) is 17.4. The fourth-order valence-corrected chi connectivity index (χ4v) is 3.94. The second-order valence-corrected chi connectivity index (χ2v) is 8.77. The lowest BCUT2D eigenvalue weighted by Crippen LogP contribution is -2.54. The van der Waals surface area contributed by atoms with Gasteiger partial charge < -0.3 is 9.80 Å². The van der Waals surface area contributed by atoms with Gasteiger partial charge in [-0.3, -0.25) is 14.5 Å². The van der Waals surface area contributed by atoms with Crippen LogP contribution in [0.4, 0.5) is 17.2 Å². The highest BCUT2D eigenvalue weighted by atomic mass is 32.2. The molecule has 150 valence electrons. The molecule has 0 spiro atoms. The molecule has 1 aliphatic heterocycles. The molecule has 0 radical (unpaired) electrons. The Morgan fingerprint density at radius 2 is 2.00 bits per heavy atom. The van der Waals surface area contributed by atoms with E-state index in [-0.39, 0.29) is 18.0 Å². The number of rotatable bonds is 5. The van der Waals surface area contributed by atoms with Crippen LogP contribution >= 0.6 is 0 Å². The van der Waals surface area contributed by atoms with Gasteiger partial charge in [0.15, 0.2) is 11.6 Å². The number of fused-ring (bicyclic) bond motifs is 1. The van der Waals surface area contributed by atoms with Crippen LogP contribution in [0.2, 0.25) is 0 Å². The Labute approximate surface area is 164 Å². The summed E-state index contributed by atoms with van der Waals surface area (Å²) in [4.78, 5) is 29.4. The van der Waals surface area contributed by atoms with Crippen LogP contribution < -0.4 is 14.5 Å². The molecular weight excluding hydrogens is 380 g/mol. The maximum Gasteiger partial charge on any atom is 0.249 e. The van der Waals surface area contributed by atoms with Crippen LogP contribution in [0.25, 0.3) is 11.4 Å². The summed E-state index contributed by atoms with van der Waals surface area (Å²) in [6.45, 7) is 5.99. The van der Waals surface area contributed by atoms with Gasteiger partial charge in [0, 0.05) is 24.8 Å². The van der Waals surface area contributed by atoms with Gasteiger partial charge in [-0.2, -0.15) is 0 Å². The second kappa shape index (κ2) is 7.34. The van der Waals surface area contributed by atoms with Gasteiger partial charge in [0.2, 0.25) is 15.9 Å². The van der Waals surface area contributed by atoms with Crippen LogP contribution in [0.3, 0.4) is 0 Å². The maximum atomic E-state index is 12.7. The van der Waals surface area contributed by atoms with Crippen molar-refractivity contribution in [2.75, 3.05) is 27.8 Å². The summed E-state index contributed by atoms with van der Waals surface area (Å²) in [5.41, 5.74) is 1.44. The largest absolute Gasteiger partial charge is 0.340 e. The third-order valence-electron chi connectivity index (χ3n) is 4.61. The van der Waals surface area contributed by atoms with Crippen molar-refractivity contribution in [2.24, 2.45) is 0 Å². The van der Waals surface area contributed by atoms with Gasteiger partial charge >= 0.3 is 0 Å². The zero-order valence-electron chi connectivity index (χ0n) is 16.5. The Balaban J connectivity index is 2.17. The van der Waals surface area contributed by atoms with Crippen LogP contribution in [0.15, 0.2) is 24.7 Å². The van der Waals surface area contributed by atoms with Gasteiger partial charge in [0.1, 0.15) is 11.7 Å². The summed E-state index contributed by atoms with van der Waals surface area (Å²) in [5, 5.41) is 0. The average Bonchev–Trinajstić information content (AvgIpc) is 2.62. The molecule has 10 heteroatoms. The third-order valence-corrected chi connectivity index (χ3v) is 5.20. The molecule has 0 aromatic carbocycles. The third kappa shape index (κ3) is 3.64. The Kier molecular flexibility index (Phi) is 5.24. The van der Waals surface area contributed by atoms with Gasteiger partial charge in [-0.05, 0) is 26.3 Å². The number of nitrogens with zero attached hydrogens (tertiary/aromatic N) is 5. The smallest absolute Gasteiger partial charge is 0.249 e. The first kappa shape index (κ1) is 20.0. The lowest BCUT2D eigenvalue weighted by Gasteiger charge is -2.42. The SMILES string of the molecule is CCC1C(=O)N(C)c2cnc(-c3ccncc3NS(C)(=O)=O)nc2N1C(C)C. The van der Waals surface area contributed by atoms with Gasteiger partial charge in [-0.25, -0.2) is 18.4 Å². The summed E-state index contributed by atoms with van der Waals surface area (Å²) in [6.07, 6.45) is 6.29. The molecule has 0 aliphatic carbocycles. The molecule has 0 fully saturated rings. The number of aromatic nitrogens is 3. The number of sulfonamides is 1. The van der Waals surface area contributed by atoms with E-state index in [1.54, 1.807) is 30.4 Å². The van der Waals surface area contributed by atoms with E-state index >= 15 is 0 Å². The molecule has 0 saturated carbocycles. The molecule has 1 unspecified atom stereocenters. The lowest BCUT2D eigenvalue weighted by atomic mass is 10.1. The number of anilines is 3. The molecule has 0 saturated heterocycles. The molecule has 3 heterocycles. The van der Waals surface area contributed by atoms with Crippen LogP contribution in [0.5, 0.6) is 0 Å². The Morgan fingerprint density at radius 3 is 2.61 bits per heavy atom. The summed E-state index contributed by atoms with van der Waals surface area (Å²) >= 11 is 0. The van der Waals surface area contributed by atoms with Crippen molar-refractivity contribution in [3.05, 3.63) is 24.7 Å². The van der Waals surface area contributed by atoms with Crippen LogP contribution in [0, 0.1) is 0 Å². The molecule has 1 N–H and O–H groups in total. The fourth-order valence-electron chi connectivity index (χ4n) is 3.38. The minimum atomic E-state index is -3.49. The minimum absolute atomic E-state index is 0.00314. The van der Waals surface area contributed by atoms with Crippen molar-refractivity contribution in [3.8, 4) is 11.4 Å². The van der Waals surface area contributed by atoms with E-state index < -0.39 is 10.0 Å². The molecule has 2 aromatic heterocycles. The number of carbonyl (C=O) groups excluding carboxylic acids is 1. The number of likely N-dealkylation sites (N-methyl/N-ethyl adjacent to an activating group) is 1. The summed E-state index contributed by atoms with van der Waals surface area (Å²) in [6, 6.07) is 1.39. The number of hydrogen-bond donors (Lipinski definition) is 1. The molecule has 3 rings (SSSR count). The van der Waals surface area contributed by atoms with Crippen molar-refractivity contribution in [1.82, 2.24) is 15.0 Å². The Bertz CT molecular complexity index is 1010. The van der Waals surface area contributed by atoms with E-state index in [0.717, 1.165) is 6.26 Å². The van der Waals surface area contributed by atoms with Crippen molar-refractivity contribution < 1.29 is 13.2 Å². The number of pyridine rings is 1. The first-order valence-corrected chi connectivity index (χ1v) is 10.9. The van der Waals surface area contributed by atoms with E-state index in [1.807, 2.05) is 25.7 Å². The topological polar surface area (TPSA) is 108 Å². The molecule has 1 amide bonds. The van der Waals surface area contributed by atoms with Crippen molar-refractivity contribution >= 4 is 33.1 Å². The first-order valence-electron chi connectivity index (χ1n) is 8.99. The highest BCUT2D eigenvalue weighted by molar-refractivity contribution is 7.92. The molecule has 28 heavy (non-hydrogen) atoms. The second-order valence-electron chi connectivity index (χ2n) is 7.02. The highest BCUT2D eigenvalue weighted by Crippen LogP contribution is 2.37. The molecule has 1 aliphatic rings. The van der Waals surface area contributed by atoms with Gasteiger partial charge in [0.05, 0.1) is 24.3 Å². The Hall–Kier alpha value is -2.75. The number of hydrogen-bond acceptors (Lipinski definition) is 7. The van der Waals surface area contributed by atoms with Crippen LogP contribution in [-0.4, -0.2) is 54.7 Å². The molecule has 2 aromatic rings. The standard InChI is InChI=1S/C18H24N6O3S/c1-6-14-18(25)23(4)15-10-20-16(21-17(15)24(14)11(2)3)12-7-8-19-9-13(12)22-28(5,26)27/h7-11,14,22H,6H2,1-5H3. The Morgan fingerprint density at radius 1 is 1.29 bits per heavy atom. The first-order chi connectivity index (χ1) is 13.1. The van der Waals surface area contributed by atoms with E-state index in [0.29, 0.717) is 35.0 Å². The van der Waals surface area contributed by atoms with Gasteiger partial charge in [0.25, 0.3) is 0 Å². The average molecular weight is 404 g/mol. The molecular formula is C18H24N6O3S. The number of amides is 1. The highest BCUT2D eigenvalue weighted by Gasteiger charge is 2.38. The summed E-state index contributed by atoms with van der Waals surface area (Å²) in [7, 11) is -1.77.